The van der Waals surface area contributed by atoms with Crippen molar-refractivity contribution in [1.29, 1.82) is 5.26 Å². The number of nitriles is 1. The Balaban J connectivity index is 1.61. The fourth-order valence-electron chi connectivity index (χ4n) is 3.43. The lowest BCUT2D eigenvalue weighted by molar-refractivity contribution is -0.130. The second-order valence-electron chi connectivity index (χ2n) is 7.38. The Kier molecular flexibility index (Phi) is 6.85. The first-order valence-corrected chi connectivity index (χ1v) is 10.7. The molecule has 2 heterocycles. The lowest BCUT2D eigenvalue weighted by Gasteiger charge is -2.25. The van der Waals surface area contributed by atoms with Gasteiger partial charge in [-0.1, -0.05) is 29.8 Å². The third-order valence-electron chi connectivity index (χ3n) is 5.15. The summed E-state index contributed by atoms with van der Waals surface area (Å²) in [6.07, 6.45) is 2.72. The topological polar surface area (TPSA) is 122 Å². The zero-order valence-corrected chi connectivity index (χ0v) is 19.2. The SMILES string of the molecule is COc1cc(C=C2C(=O)NC(=O)N(Cc3ccco3)C2=O)cc(Cl)c1OCc1ccccc1C#N. The van der Waals surface area contributed by atoms with Gasteiger partial charge in [0, 0.05) is 5.56 Å². The van der Waals surface area contributed by atoms with Crippen LogP contribution in [0.4, 0.5) is 4.79 Å². The molecule has 0 radical (unpaired) electrons. The van der Waals surface area contributed by atoms with Gasteiger partial charge in [0.05, 0.1) is 36.6 Å². The number of urea groups is 1. The van der Waals surface area contributed by atoms with Gasteiger partial charge in [0.2, 0.25) is 0 Å². The zero-order chi connectivity index (χ0) is 24.9. The molecule has 4 rings (SSSR count). The van der Waals surface area contributed by atoms with Gasteiger partial charge < -0.3 is 13.9 Å². The van der Waals surface area contributed by atoms with Gasteiger partial charge in [-0.3, -0.25) is 19.8 Å². The first-order valence-electron chi connectivity index (χ1n) is 10.3. The molecule has 1 N–H and O–H groups in total. The van der Waals surface area contributed by atoms with Crippen LogP contribution in [0, 0.1) is 11.3 Å². The molecular formula is C25H18ClN3O6. The van der Waals surface area contributed by atoms with E-state index in [1.165, 1.54) is 31.6 Å². The number of benzene rings is 2. The lowest BCUT2D eigenvalue weighted by Crippen LogP contribution is -2.53. The highest BCUT2D eigenvalue weighted by Gasteiger charge is 2.36. The minimum absolute atomic E-state index is 0.0744. The Labute approximate surface area is 205 Å². The smallest absolute Gasteiger partial charge is 0.331 e. The molecule has 0 saturated carbocycles. The van der Waals surface area contributed by atoms with Crippen LogP contribution in [0.15, 0.2) is 64.8 Å². The fourth-order valence-corrected chi connectivity index (χ4v) is 3.70. The summed E-state index contributed by atoms with van der Waals surface area (Å²) in [4.78, 5) is 38.4. The molecule has 176 valence electrons. The maximum Gasteiger partial charge on any atom is 0.331 e. The Morgan fingerprint density at radius 1 is 1.17 bits per heavy atom. The molecule has 3 aromatic rings. The molecule has 9 nitrogen and oxygen atoms in total. The van der Waals surface area contributed by atoms with Gasteiger partial charge in [0.15, 0.2) is 11.5 Å². The van der Waals surface area contributed by atoms with Gasteiger partial charge in [-0.05, 0) is 42.0 Å². The van der Waals surface area contributed by atoms with E-state index in [1.807, 2.05) is 0 Å². The molecule has 1 aliphatic heterocycles. The maximum absolute atomic E-state index is 12.9. The molecule has 10 heteroatoms. The van der Waals surface area contributed by atoms with Crippen LogP contribution in [0.3, 0.4) is 0 Å². The van der Waals surface area contributed by atoms with E-state index in [4.69, 9.17) is 25.5 Å². The van der Waals surface area contributed by atoms with Crippen molar-refractivity contribution in [2.75, 3.05) is 7.11 Å². The maximum atomic E-state index is 12.9. The minimum atomic E-state index is -0.842. The van der Waals surface area contributed by atoms with E-state index in [-0.39, 0.29) is 35.2 Å². The molecule has 2 aromatic carbocycles. The fraction of sp³-hybridized carbons (Fsp3) is 0.120. The number of halogens is 1. The summed E-state index contributed by atoms with van der Waals surface area (Å²) in [6, 6.07) is 14.5. The van der Waals surface area contributed by atoms with E-state index in [0.29, 0.717) is 22.5 Å². The summed E-state index contributed by atoms with van der Waals surface area (Å²) in [6.45, 7) is -0.0612. The van der Waals surface area contributed by atoms with Crippen molar-refractivity contribution in [3.8, 4) is 17.6 Å². The Morgan fingerprint density at radius 3 is 2.69 bits per heavy atom. The molecule has 35 heavy (non-hydrogen) atoms. The monoisotopic (exact) mass is 491 g/mol. The van der Waals surface area contributed by atoms with Crippen LogP contribution < -0.4 is 14.8 Å². The number of barbiturate groups is 1. The summed E-state index contributed by atoms with van der Waals surface area (Å²) in [5.74, 6) is -0.742. The lowest BCUT2D eigenvalue weighted by atomic mass is 10.1. The number of ether oxygens (including phenoxy) is 2. The van der Waals surface area contributed by atoms with Gasteiger partial charge in [0.1, 0.15) is 17.9 Å². The second kappa shape index (κ2) is 10.2. The highest BCUT2D eigenvalue weighted by molar-refractivity contribution is 6.33. The number of nitrogens with one attached hydrogen (secondary N) is 1. The van der Waals surface area contributed by atoms with E-state index >= 15 is 0 Å². The zero-order valence-electron chi connectivity index (χ0n) is 18.4. The molecule has 1 fully saturated rings. The Bertz CT molecular complexity index is 1370. The van der Waals surface area contributed by atoms with Crippen molar-refractivity contribution in [2.45, 2.75) is 13.2 Å². The molecule has 0 bridgehead atoms. The van der Waals surface area contributed by atoms with Crippen LogP contribution in [-0.4, -0.2) is 29.9 Å². The first kappa shape index (κ1) is 23.6. The summed E-state index contributed by atoms with van der Waals surface area (Å²) >= 11 is 6.43. The van der Waals surface area contributed by atoms with Crippen molar-refractivity contribution in [3.05, 3.63) is 87.8 Å². The number of imide groups is 2. The van der Waals surface area contributed by atoms with Gasteiger partial charge in [0.25, 0.3) is 11.8 Å². The summed E-state index contributed by atoms with van der Waals surface area (Å²) in [5, 5.41) is 11.6. The van der Waals surface area contributed by atoms with Gasteiger partial charge in [-0.15, -0.1) is 0 Å². The third kappa shape index (κ3) is 5.03. The average Bonchev–Trinajstić information content (AvgIpc) is 3.37. The molecule has 0 unspecified atom stereocenters. The number of furan rings is 1. The quantitative estimate of drug-likeness (QED) is 0.390. The van der Waals surface area contributed by atoms with Crippen molar-refractivity contribution >= 4 is 35.5 Å². The standard InChI is InChI=1S/C25H18ClN3O6/c1-33-21-11-15(10-20(26)22(21)35-14-17-6-3-2-5-16(17)12-27)9-19-23(30)28-25(32)29(24(19)31)13-18-7-4-8-34-18/h2-11H,13-14H2,1H3,(H,28,30,32). The largest absolute Gasteiger partial charge is 0.493 e. The van der Waals surface area contributed by atoms with Crippen molar-refractivity contribution < 1.29 is 28.3 Å². The summed E-state index contributed by atoms with van der Waals surface area (Å²) in [5.41, 5.74) is 1.26. The van der Waals surface area contributed by atoms with Gasteiger partial charge >= 0.3 is 6.03 Å². The molecule has 0 aliphatic carbocycles. The van der Waals surface area contributed by atoms with Crippen LogP contribution in [0.2, 0.25) is 5.02 Å². The van der Waals surface area contributed by atoms with Crippen LogP contribution >= 0.6 is 11.6 Å². The van der Waals surface area contributed by atoms with E-state index in [0.717, 1.165) is 4.90 Å². The van der Waals surface area contributed by atoms with E-state index in [1.54, 1.807) is 36.4 Å². The first-order chi connectivity index (χ1) is 16.9. The Hall–Kier alpha value is -4.55. The molecule has 0 spiro atoms. The number of methoxy groups -OCH3 is 1. The van der Waals surface area contributed by atoms with Gasteiger partial charge in [-0.25, -0.2) is 4.79 Å². The molecule has 1 saturated heterocycles. The van der Waals surface area contributed by atoms with Crippen LogP contribution in [0.5, 0.6) is 11.5 Å². The normalized spacial score (nSPS) is 14.6. The molecular weight excluding hydrogens is 474 g/mol. The molecule has 0 atom stereocenters. The molecule has 1 aliphatic rings. The average molecular weight is 492 g/mol. The van der Waals surface area contributed by atoms with Crippen molar-refractivity contribution in [3.63, 3.8) is 0 Å². The predicted molar refractivity (Wildman–Crippen MR) is 124 cm³/mol. The number of nitrogens with zero attached hydrogens (tertiary/aromatic N) is 2. The van der Waals surface area contributed by atoms with Crippen molar-refractivity contribution in [2.24, 2.45) is 0 Å². The summed E-state index contributed by atoms with van der Waals surface area (Å²) in [7, 11) is 1.42. The second-order valence-corrected chi connectivity index (χ2v) is 7.79. The highest BCUT2D eigenvalue weighted by atomic mass is 35.5. The molecule has 1 aromatic heterocycles. The molecule has 4 amide bonds. The van der Waals surface area contributed by atoms with E-state index < -0.39 is 17.8 Å². The number of rotatable bonds is 7. The highest BCUT2D eigenvalue weighted by Crippen LogP contribution is 2.38. The summed E-state index contributed by atoms with van der Waals surface area (Å²) < 4.78 is 16.4. The van der Waals surface area contributed by atoms with Crippen molar-refractivity contribution in [1.82, 2.24) is 10.2 Å². The van der Waals surface area contributed by atoms with Crippen LogP contribution in [-0.2, 0) is 22.7 Å². The number of carbonyl (C=O) groups excluding carboxylic acids is 3. The predicted octanol–water partition coefficient (Wildman–Crippen LogP) is 4.05. The van der Waals surface area contributed by atoms with E-state index in [2.05, 4.69) is 11.4 Å². The number of carbonyl (C=O) groups is 3. The minimum Gasteiger partial charge on any atom is -0.493 e. The van der Waals surface area contributed by atoms with Crippen LogP contribution in [0.1, 0.15) is 22.5 Å². The van der Waals surface area contributed by atoms with Gasteiger partial charge in [-0.2, -0.15) is 5.26 Å². The Morgan fingerprint density at radius 2 is 1.97 bits per heavy atom. The van der Waals surface area contributed by atoms with E-state index in [9.17, 15) is 19.6 Å². The third-order valence-corrected chi connectivity index (χ3v) is 5.43. The van der Waals surface area contributed by atoms with Crippen LogP contribution in [0.25, 0.3) is 6.08 Å². The number of amides is 4. The number of hydrogen-bond donors (Lipinski definition) is 1. The number of hydrogen-bond acceptors (Lipinski definition) is 7.